The lowest BCUT2D eigenvalue weighted by Crippen LogP contribution is -2.35. The van der Waals surface area contributed by atoms with Gasteiger partial charge in [-0.1, -0.05) is 61.5 Å². The monoisotopic (exact) mass is 430 g/mol. The molecule has 0 aliphatic carbocycles. The average molecular weight is 431 g/mol. The molecule has 1 aliphatic heterocycles. The molecule has 3 aromatic rings. The zero-order valence-corrected chi connectivity index (χ0v) is 18.2. The summed E-state index contributed by atoms with van der Waals surface area (Å²) in [6.45, 7) is 1.94. The first-order valence-electron chi connectivity index (χ1n) is 10.0. The molecule has 6 heteroatoms. The van der Waals surface area contributed by atoms with Crippen molar-refractivity contribution in [2.75, 3.05) is 18.6 Å². The van der Waals surface area contributed by atoms with Gasteiger partial charge in [-0.15, -0.1) is 0 Å². The molecule has 0 spiro atoms. The maximum absolute atomic E-state index is 13.5. The van der Waals surface area contributed by atoms with Gasteiger partial charge in [0.15, 0.2) is 5.11 Å². The molecule has 0 saturated carbocycles. The maximum Gasteiger partial charge on any atom is 0.325 e. The lowest BCUT2D eigenvalue weighted by Gasteiger charge is -2.19. The molecule has 1 aliphatic rings. The lowest BCUT2D eigenvalue weighted by molar-refractivity contribution is -0.140. The molecule has 0 aromatic heterocycles. The number of fused-ring (bicyclic) bond motifs is 1. The van der Waals surface area contributed by atoms with E-state index in [1.807, 2.05) is 66.7 Å². The number of hydrogen-bond acceptors (Lipinski definition) is 4. The first-order valence-corrected chi connectivity index (χ1v) is 10.5. The Hall–Kier alpha value is -3.51. The number of carbonyl (C=O) groups is 2. The van der Waals surface area contributed by atoms with E-state index >= 15 is 0 Å². The zero-order chi connectivity index (χ0) is 22.0. The molecule has 0 unspecified atom stereocenters. The van der Waals surface area contributed by atoms with Crippen molar-refractivity contribution in [3.63, 3.8) is 0 Å². The number of hydrogen-bond donors (Lipinski definition) is 0. The van der Waals surface area contributed by atoms with E-state index in [1.54, 1.807) is 11.0 Å². The van der Waals surface area contributed by atoms with Gasteiger partial charge in [0.25, 0.3) is 5.91 Å². The molecule has 1 fully saturated rings. The maximum atomic E-state index is 13.5. The highest BCUT2D eigenvalue weighted by molar-refractivity contribution is 7.80. The van der Waals surface area contributed by atoms with Crippen LogP contribution in [0.1, 0.15) is 18.1 Å². The minimum absolute atomic E-state index is 0.138. The minimum Gasteiger partial charge on any atom is -0.468 e. The van der Waals surface area contributed by atoms with Crippen LogP contribution in [0, 0.1) is 0 Å². The molecule has 31 heavy (non-hydrogen) atoms. The van der Waals surface area contributed by atoms with E-state index in [0.717, 1.165) is 22.8 Å². The number of amides is 1. The van der Waals surface area contributed by atoms with Gasteiger partial charge in [0, 0.05) is 0 Å². The van der Waals surface area contributed by atoms with E-state index in [4.69, 9.17) is 17.0 Å². The summed E-state index contributed by atoms with van der Waals surface area (Å²) in [4.78, 5) is 28.6. The van der Waals surface area contributed by atoms with Gasteiger partial charge >= 0.3 is 5.97 Å². The molecule has 0 radical (unpaired) electrons. The fourth-order valence-corrected chi connectivity index (χ4v) is 4.01. The fourth-order valence-electron chi connectivity index (χ4n) is 3.66. The minimum atomic E-state index is -0.470. The second-order valence-electron chi connectivity index (χ2n) is 7.20. The number of carbonyl (C=O) groups excluding carboxylic acids is 2. The SMILES string of the molecule is CCc1ccc(N2C(=O)/C(=C/c3cccc4ccccc34)N(CC(=O)OC)C2=S)cc1. The number of thiocarbonyl (C=S) groups is 1. The van der Waals surface area contributed by atoms with Gasteiger partial charge < -0.3 is 9.64 Å². The van der Waals surface area contributed by atoms with Crippen molar-refractivity contribution in [2.45, 2.75) is 13.3 Å². The van der Waals surface area contributed by atoms with Crippen LogP contribution >= 0.6 is 12.2 Å². The average Bonchev–Trinajstić information content (AvgIpc) is 3.03. The summed E-state index contributed by atoms with van der Waals surface area (Å²) in [5, 5.41) is 2.34. The Morgan fingerprint density at radius 2 is 1.74 bits per heavy atom. The number of nitrogens with zero attached hydrogens (tertiary/aromatic N) is 2. The van der Waals surface area contributed by atoms with Crippen LogP contribution in [0.15, 0.2) is 72.4 Å². The third-order valence-electron chi connectivity index (χ3n) is 5.37. The molecule has 1 heterocycles. The van der Waals surface area contributed by atoms with Crippen LogP contribution in [-0.4, -0.2) is 35.5 Å². The number of rotatable bonds is 5. The van der Waals surface area contributed by atoms with Crippen LogP contribution in [0.5, 0.6) is 0 Å². The fraction of sp³-hybridized carbons (Fsp3) is 0.160. The standard InChI is InChI=1S/C25H22N2O3S/c1-3-17-11-13-20(14-12-17)27-24(29)22(26(25(27)31)16-23(28)30-2)15-19-9-6-8-18-7-4-5-10-21(18)19/h4-15H,3,16H2,1-2H3/b22-15-. The number of anilines is 1. The van der Waals surface area contributed by atoms with E-state index in [0.29, 0.717) is 11.4 Å². The van der Waals surface area contributed by atoms with E-state index < -0.39 is 5.97 Å². The number of esters is 1. The van der Waals surface area contributed by atoms with E-state index in [9.17, 15) is 9.59 Å². The largest absolute Gasteiger partial charge is 0.468 e. The molecular weight excluding hydrogens is 408 g/mol. The molecule has 4 rings (SSSR count). The second kappa shape index (κ2) is 8.70. The quantitative estimate of drug-likeness (QED) is 0.338. The zero-order valence-electron chi connectivity index (χ0n) is 17.4. The number of methoxy groups -OCH3 is 1. The normalized spacial score (nSPS) is 15.2. The molecule has 3 aromatic carbocycles. The summed E-state index contributed by atoms with van der Waals surface area (Å²) in [6.07, 6.45) is 2.69. The molecule has 5 nitrogen and oxygen atoms in total. The third kappa shape index (κ3) is 3.94. The summed E-state index contributed by atoms with van der Waals surface area (Å²) in [6, 6.07) is 21.6. The van der Waals surface area contributed by atoms with Gasteiger partial charge in [0.1, 0.15) is 12.2 Å². The lowest BCUT2D eigenvalue weighted by atomic mass is 10.0. The molecule has 1 amide bonds. The number of aryl methyl sites for hydroxylation is 1. The summed E-state index contributed by atoms with van der Waals surface area (Å²) in [7, 11) is 1.32. The van der Waals surface area contributed by atoms with Crippen LogP contribution < -0.4 is 4.90 Å². The van der Waals surface area contributed by atoms with Crippen LogP contribution in [0.4, 0.5) is 5.69 Å². The van der Waals surface area contributed by atoms with Crippen LogP contribution in [0.2, 0.25) is 0 Å². The Balaban J connectivity index is 1.81. The summed E-state index contributed by atoms with van der Waals surface area (Å²) in [5.41, 5.74) is 3.05. The van der Waals surface area contributed by atoms with Crippen molar-refractivity contribution >= 4 is 51.7 Å². The van der Waals surface area contributed by atoms with Gasteiger partial charge in [-0.25, -0.2) is 0 Å². The summed E-state index contributed by atoms with van der Waals surface area (Å²) in [5.74, 6) is -0.742. The number of ether oxygens (including phenoxy) is 1. The molecular formula is C25H22N2O3S. The highest BCUT2D eigenvalue weighted by Crippen LogP contribution is 2.31. The summed E-state index contributed by atoms with van der Waals surface area (Å²) >= 11 is 5.62. The Labute approximate surface area is 186 Å². The highest BCUT2D eigenvalue weighted by atomic mass is 32.1. The van der Waals surface area contributed by atoms with Crippen molar-refractivity contribution in [3.05, 3.63) is 83.6 Å². The Morgan fingerprint density at radius 1 is 1.03 bits per heavy atom. The van der Waals surface area contributed by atoms with Crippen LogP contribution in [-0.2, 0) is 20.7 Å². The van der Waals surface area contributed by atoms with Gasteiger partial charge in [-0.3, -0.25) is 14.5 Å². The summed E-state index contributed by atoms with van der Waals surface area (Å²) < 4.78 is 4.84. The van der Waals surface area contributed by atoms with E-state index in [-0.39, 0.29) is 17.6 Å². The molecule has 0 N–H and O–H groups in total. The van der Waals surface area contributed by atoms with Gasteiger partial charge in [0.2, 0.25) is 0 Å². The molecule has 156 valence electrons. The van der Waals surface area contributed by atoms with Crippen molar-refractivity contribution in [3.8, 4) is 0 Å². The molecule has 1 saturated heterocycles. The second-order valence-corrected chi connectivity index (χ2v) is 7.57. The number of benzene rings is 3. The molecule has 0 atom stereocenters. The smallest absolute Gasteiger partial charge is 0.325 e. The van der Waals surface area contributed by atoms with Gasteiger partial charge in [-0.2, -0.15) is 0 Å². The Bertz CT molecular complexity index is 1200. The van der Waals surface area contributed by atoms with E-state index in [2.05, 4.69) is 6.92 Å². The van der Waals surface area contributed by atoms with Crippen molar-refractivity contribution in [2.24, 2.45) is 0 Å². The van der Waals surface area contributed by atoms with Gasteiger partial charge in [0.05, 0.1) is 12.8 Å². The van der Waals surface area contributed by atoms with E-state index in [1.165, 1.54) is 17.6 Å². The predicted octanol–water partition coefficient (Wildman–Crippen LogP) is 4.55. The highest BCUT2D eigenvalue weighted by Gasteiger charge is 2.40. The van der Waals surface area contributed by atoms with Crippen molar-refractivity contribution < 1.29 is 14.3 Å². The Morgan fingerprint density at radius 3 is 2.45 bits per heavy atom. The molecule has 0 bridgehead atoms. The third-order valence-corrected chi connectivity index (χ3v) is 5.77. The van der Waals surface area contributed by atoms with Crippen molar-refractivity contribution in [1.82, 2.24) is 4.90 Å². The first kappa shape index (κ1) is 20.8. The van der Waals surface area contributed by atoms with Crippen LogP contribution in [0.3, 0.4) is 0 Å². The van der Waals surface area contributed by atoms with Crippen LogP contribution in [0.25, 0.3) is 16.8 Å². The van der Waals surface area contributed by atoms with Gasteiger partial charge in [-0.05, 0) is 58.7 Å². The Kier molecular flexibility index (Phi) is 5.82. The van der Waals surface area contributed by atoms with Crippen molar-refractivity contribution in [1.29, 1.82) is 0 Å². The first-order chi connectivity index (χ1) is 15.0. The predicted molar refractivity (Wildman–Crippen MR) is 127 cm³/mol. The topological polar surface area (TPSA) is 49.9 Å².